The molecule has 0 aliphatic carbocycles. The summed E-state index contributed by atoms with van der Waals surface area (Å²) < 4.78 is 5.41. The fraction of sp³-hybridized carbons (Fsp3) is 0.550. The van der Waals surface area contributed by atoms with E-state index in [1.807, 2.05) is 36.1 Å². The molecule has 142 valence electrons. The number of benzene rings is 1. The molecular weight excluding hydrogens is 332 g/mol. The van der Waals surface area contributed by atoms with Crippen LogP contribution >= 0.6 is 0 Å². The molecule has 0 unspecified atom stereocenters. The van der Waals surface area contributed by atoms with Crippen LogP contribution in [0.1, 0.15) is 45.1 Å². The van der Waals surface area contributed by atoms with Crippen LogP contribution in [0.4, 0.5) is 0 Å². The van der Waals surface area contributed by atoms with E-state index in [1.54, 1.807) is 0 Å². The molecule has 0 saturated carbocycles. The van der Waals surface area contributed by atoms with Crippen LogP contribution in [0.2, 0.25) is 0 Å². The van der Waals surface area contributed by atoms with E-state index in [0.29, 0.717) is 26.1 Å². The molecule has 1 aliphatic heterocycles. The van der Waals surface area contributed by atoms with Crippen molar-refractivity contribution < 1.29 is 19.1 Å². The number of amides is 2. The summed E-state index contributed by atoms with van der Waals surface area (Å²) in [5.74, 6) is 0.856. The number of hydrogen-bond donors (Lipinski definition) is 1. The molecule has 6 heteroatoms. The van der Waals surface area contributed by atoms with Crippen molar-refractivity contribution in [2.45, 2.75) is 52.0 Å². The average molecular weight is 360 g/mol. The number of nitrogens with one attached hydrogen (secondary N) is 1. The molecule has 0 spiro atoms. The van der Waals surface area contributed by atoms with Crippen molar-refractivity contribution in [3.63, 3.8) is 0 Å². The standard InChI is InChI=1S/C20H28N2O4/c1-3-26-18-7-5-16(6-8-18)14-20(25)22-12-10-17(11-13-22)21-19(24)9-4-15(2)23/h5-8,17H,3-4,9-14H2,1-2H3,(H,21,24). The third kappa shape index (κ3) is 6.50. The first-order valence-electron chi connectivity index (χ1n) is 9.26. The summed E-state index contributed by atoms with van der Waals surface area (Å²) in [7, 11) is 0. The molecule has 1 fully saturated rings. The maximum Gasteiger partial charge on any atom is 0.226 e. The van der Waals surface area contributed by atoms with E-state index in [4.69, 9.17) is 4.74 Å². The number of likely N-dealkylation sites (tertiary alicyclic amines) is 1. The molecule has 0 radical (unpaired) electrons. The van der Waals surface area contributed by atoms with E-state index in [9.17, 15) is 14.4 Å². The number of Topliss-reactive ketones (excluding diaryl/α,β-unsaturated/α-hetero) is 1. The summed E-state index contributed by atoms with van der Waals surface area (Å²) in [5.41, 5.74) is 0.970. The molecule has 0 aromatic heterocycles. The molecule has 6 nitrogen and oxygen atoms in total. The number of nitrogens with zero attached hydrogens (tertiary/aromatic N) is 1. The van der Waals surface area contributed by atoms with Crippen molar-refractivity contribution in [3.8, 4) is 5.75 Å². The molecular formula is C20H28N2O4. The number of carbonyl (C=O) groups excluding carboxylic acids is 3. The third-order valence-electron chi connectivity index (χ3n) is 4.51. The Labute approximate surface area is 154 Å². The minimum absolute atomic E-state index is 0.0230. The van der Waals surface area contributed by atoms with Gasteiger partial charge >= 0.3 is 0 Å². The molecule has 1 N–H and O–H groups in total. The van der Waals surface area contributed by atoms with Crippen LogP contribution in [0, 0.1) is 0 Å². The van der Waals surface area contributed by atoms with Crippen LogP contribution in [-0.4, -0.2) is 48.2 Å². The van der Waals surface area contributed by atoms with Gasteiger partial charge < -0.3 is 19.7 Å². The molecule has 1 aromatic carbocycles. The first-order valence-corrected chi connectivity index (χ1v) is 9.26. The molecule has 0 atom stereocenters. The van der Waals surface area contributed by atoms with Crippen molar-refractivity contribution in [1.29, 1.82) is 0 Å². The largest absolute Gasteiger partial charge is 0.494 e. The maximum absolute atomic E-state index is 12.5. The lowest BCUT2D eigenvalue weighted by Crippen LogP contribution is -2.47. The van der Waals surface area contributed by atoms with Crippen LogP contribution in [0.5, 0.6) is 5.75 Å². The molecule has 1 aromatic rings. The van der Waals surface area contributed by atoms with Crippen molar-refractivity contribution in [2.75, 3.05) is 19.7 Å². The highest BCUT2D eigenvalue weighted by molar-refractivity contribution is 5.83. The lowest BCUT2D eigenvalue weighted by atomic mass is 10.0. The highest BCUT2D eigenvalue weighted by atomic mass is 16.5. The predicted octanol–water partition coefficient (Wildman–Crippen LogP) is 2.10. The molecule has 1 aliphatic rings. The first-order chi connectivity index (χ1) is 12.5. The Morgan fingerprint density at radius 2 is 1.77 bits per heavy atom. The fourth-order valence-corrected chi connectivity index (χ4v) is 3.02. The summed E-state index contributed by atoms with van der Waals surface area (Å²) in [6.45, 7) is 5.34. The van der Waals surface area contributed by atoms with Crippen molar-refractivity contribution in [1.82, 2.24) is 10.2 Å². The van der Waals surface area contributed by atoms with Gasteiger partial charge in [-0.1, -0.05) is 12.1 Å². The van der Waals surface area contributed by atoms with Gasteiger partial charge in [-0.2, -0.15) is 0 Å². The zero-order valence-electron chi connectivity index (χ0n) is 15.6. The summed E-state index contributed by atoms with van der Waals surface area (Å²) in [6, 6.07) is 7.70. The minimum Gasteiger partial charge on any atom is -0.494 e. The summed E-state index contributed by atoms with van der Waals surface area (Å²) in [6.07, 6.45) is 2.40. The van der Waals surface area contributed by atoms with E-state index in [2.05, 4.69) is 5.32 Å². The highest BCUT2D eigenvalue weighted by Crippen LogP contribution is 2.15. The molecule has 2 rings (SSSR count). The van der Waals surface area contributed by atoms with Crippen molar-refractivity contribution >= 4 is 17.6 Å². The van der Waals surface area contributed by atoms with Gasteiger partial charge in [-0.05, 0) is 44.4 Å². The molecule has 1 saturated heterocycles. The predicted molar refractivity (Wildman–Crippen MR) is 99.0 cm³/mol. The van der Waals surface area contributed by atoms with Crippen LogP contribution in [0.15, 0.2) is 24.3 Å². The fourth-order valence-electron chi connectivity index (χ4n) is 3.02. The zero-order valence-corrected chi connectivity index (χ0v) is 15.6. The molecule has 1 heterocycles. The Bertz CT molecular complexity index is 619. The SMILES string of the molecule is CCOc1ccc(CC(=O)N2CCC(NC(=O)CCC(C)=O)CC2)cc1. The Hall–Kier alpha value is -2.37. The quantitative estimate of drug-likeness (QED) is 0.770. The third-order valence-corrected chi connectivity index (χ3v) is 4.51. The van der Waals surface area contributed by atoms with Gasteiger partial charge in [0.2, 0.25) is 11.8 Å². The Morgan fingerprint density at radius 1 is 1.12 bits per heavy atom. The Kier molecular flexibility index (Phi) is 7.63. The Balaban J connectivity index is 1.73. The average Bonchev–Trinajstić information content (AvgIpc) is 2.62. The lowest BCUT2D eigenvalue weighted by Gasteiger charge is -2.32. The molecule has 26 heavy (non-hydrogen) atoms. The Morgan fingerprint density at radius 3 is 2.35 bits per heavy atom. The molecule has 0 bridgehead atoms. The highest BCUT2D eigenvalue weighted by Gasteiger charge is 2.23. The normalized spacial score (nSPS) is 14.8. The topological polar surface area (TPSA) is 75.7 Å². The maximum atomic E-state index is 12.5. The van der Waals surface area contributed by atoms with Gasteiger partial charge in [0, 0.05) is 32.0 Å². The van der Waals surface area contributed by atoms with Gasteiger partial charge in [0.1, 0.15) is 11.5 Å². The van der Waals surface area contributed by atoms with Crippen LogP contribution in [0.25, 0.3) is 0 Å². The zero-order chi connectivity index (χ0) is 18.9. The number of rotatable bonds is 8. The minimum atomic E-state index is -0.0839. The van der Waals surface area contributed by atoms with E-state index in [0.717, 1.165) is 24.2 Å². The van der Waals surface area contributed by atoms with Crippen LogP contribution in [0.3, 0.4) is 0 Å². The number of carbonyl (C=O) groups is 3. The lowest BCUT2D eigenvalue weighted by molar-refractivity contribution is -0.131. The van der Waals surface area contributed by atoms with Gasteiger partial charge in [-0.25, -0.2) is 0 Å². The number of piperidine rings is 1. The smallest absolute Gasteiger partial charge is 0.226 e. The summed E-state index contributed by atoms with van der Waals surface area (Å²) >= 11 is 0. The van der Waals surface area contributed by atoms with Gasteiger partial charge in [-0.3, -0.25) is 9.59 Å². The van der Waals surface area contributed by atoms with E-state index < -0.39 is 0 Å². The second-order valence-electron chi connectivity index (χ2n) is 6.68. The van der Waals surface area contributed by atoms with Gasteiger partial charge in [0.05, 0.1) is 13.0 Å². The van der Waals surface area contributed by atoms with Gasteiger partial charge in [0.25, 0.3) is 0 Å². The van der Waals surface area contributed by atoms with E-state index >= 15 is 0 Å². The first kappa shape index (κ1) is 19.9. The number of ether oxygens (including phenoxy) is 1. The molecule has 2 amide bonds. The second-order valence-corrected chi connectivity index (χ2v) is 6.68. The number of ketones is 1. The monoisotopic (exact) mass is 360 g/mol. The van der Waals surface area contributed by atoms with Crippen molar-refractivity contribution in [2.24, 2.45) is 0 Å². The van der Waals surface area contributed by atoms with Gasteiger partial charge in [0.15, 0.2) is 0 Å². The van der Waals surface area contributed by atoms with E-state index in [1.165, 1.54) is 6.92 Å². The van der Waals surface area contributed by atoms with Crippen LogP contribution in [-0.2, 0) is 20.8 Å². The van der Waals surface area contributed by atoms with Gasteiger partial charge in [-0.15, -0.1) is 0 Å². The second kappa shape index (κ2) is 9.94. The van der Waals surface area contributed by atoms with Crippen molar-refractivity contribution in [3.05, 3.63) is 29.8 Å². The summed E-state index contributed by atoms with van der Waals surface area (Å²) in [4.78, 5) is 37.0. The number of hydrogen-bond acceptors (Lipinski definition) is 4. The van der Waals surface area contributed by atoms with Crippen LogP contribution < -0.4 is 10.1 Å². The van der Waals surface area contributed by atoms with E-state index in [-0.39, 0.29) is 36.5 Å². The summed E-state index contributed by atoms with van der Waals surface area (Å²) in [5, 5.41) is 2.96.